The van der Waals surface area contributed by atoms with Crippen LogP contribution in [0.3, 0.4) is 0 Å². The largest absolute Gasteiger partial charge is 0.384 e. The van der Waals surface area contributed by atoms with E-state index in [0.29, 0.717) is 5.95 Å². The van der Waals surface area contributed by atoms with E-state index < -0.39 is 0 Å². The van der Waals surface area contributed by atoms with E-state index >= 15 is 0 Å². The lowest BCUT2D eigenvalue weighted by Crippen LogP contribution is -2.11. The molecule has 0 fully saturated rings. The summed E-state index contributed by atoms with van der Waals surface area (Å²) in [5.74, 6) is 0.620. The third-order valence-electron chi connectivity index (χ3n) is 3.21. The molecule has 0 radical (unpaired) electrons. The number of aromatic nitrogens is 4. The number of nitrogens with zero attached hydrogens (tertiary/aromatic N) is 4. The normalized spacial score (nSPS) is 10.3. The minimum absolute atomic E-state index is 0.620. The van der Waals surface area contributed by atoms with Gasteiger partial charge >= 0.3 is 0 Å². The highest BCUT2D eigenvalue weighted by Crippen LogP contribution is 2.13. The Kier molecular flexibility index (Phi) is 5.08. The molecule has 0 saturated carbocycles. The van der Waals surface area contributed by atoms with Crippen LogP contribution in [-0.4, -0.2) is 33.0 Å². The van der Waals surface area contributed by atoms with Gasteiger partial charge in [-0.2, -0.15) is 0 Å². The van der Waals surface area contributed by atoms with E-state index in [4.69, 9.17) is 0 Å². The molecule has 0 spiro atoms. The fourth-order valence-corrected chi connectivity index (χ4v) is 2.09. The molecule has 3 aromatic rings. The second kappa shape index (κ2) is 7.84. The summed E-state index contributed by atoms with van der Waals surface area (Å²) in [7, 11) is 0. The van der Waals surface area contributed by atoms with Crippen LogP contribution < -0.4 is 10.6 Å². The molecule has 0 aliphatic carbocycles. The molecular formula is C17H18N6. The smallest absolute Gasteiger partial charge is 0.223 e. The quantitative estimate of drug-likeness (QED) is 0.654. The van der Waals surface area contributed by atoms with Gasteiger partial charge in [-0.25, -0.2) is 9.97 Å². The van der Waals surface area contributed by atoms with Gasteiger partial charge < -0.3 is 10.6 Å². The van der Waals surface area contributed by atoms with Gasteiger partial charge in [-0.15, -0.1) is 0 Å². The van der Waals surface area contributed by atoms with Crippen LogP contribution in [0.2, 0.25) is 0 Å². The molecule has 0 unspecified atom stereocenters. The summed E-state index contributed by atoms with van der Waals surface area (Å²) in [6.45, 7) is 1.65. The summed E-state index contributed by atoms with van der Waals surface area (Å²) in [5.41, 5.74) is 2.69. The second-order valence-corrected chi connectivity index (χ2v) is 4.93. The SMILES string of the molecule is c1ccc(-c2ccnc(NCCCNc3cccnc3)n2)nc1. The lowest BCUT2D eigenvalue weighted by Gasteiger charge is -2.08. The van der Waals surface area contributed by atoms with Crippen molar-refractivity contribution in [3.8, 4) is 11.4 Å². The molecule has 3 rings (SSSR count). The van der Waals surface area contributed by atoms with E-state index in [-0.39, 0.29) is 0 Å². The molecule has 6 nitrogen and oxygen atoms in total. The van der Waals surface area contributed by atoms with Gasteiger partial charge in [0.1, 0.15) is 0 Å². The molecule has 3 heterocycles. The Bertz CT molecular complexity index is 717. The van der Waals surface area contributed by atoms with Gasteiger partial charge in [-0.3, -0.25) is 9.97 Å². The number of rotatable bonds is 7. The van der Waals surface area contributed by atoms with Gasteiger partial charge in [0.25, 0.3) is 0 Å². The number of anilines is 2. The zero-order valence-corrected chi connectivity index (χ0v) is 12.7. The predicted octanol–water partition coefficient (Wildman–Crippen LogP) is 2.85. The summed E-state index contributed by atoms with van der Waals surface area (Å²) in [4.78, 5) is 17.1. The Labute approximate surface area is 135 Å². The number of nitrogens with one attached hydrogen (secondary N) is 2. The molecule has 0 saturated heterocycles. The van der Waals surface area contributed by atoms with Gasteiger partial charge in [0, 0.05) is 37.9 Å². The molecule has 0 amide bonds. The fourth-order valence-electron chi connectivity index (χ4n) is 2.09. The van der Waals surface area contributed by atoms with Crippen molar-refractivity contribution in [2.45, 2.75) is 6.42 Å². The standard InChI is InChI=1S/C17H18N6/c1-2-9-20-15(6-1)16-7-12-22-17(23-16)21-11-4-10-19-14-5-3-8-18-13-14/h1-3,5-9,12-13,19H,4,10-11H2,(H,21,22,23). The monoisotopic (exact) mass is 306 g/mol. The summed E-state index contributed by atoms with van der Waals surface area (Å²) < 4.78 is 0. The van der Waals surface area contributed by atoms with Crippen molar-refractivity contribution >= 4 is 11.6 Å². The molecule has 6 heteroatoms. The first-order valence-corrected chi connectivity index (χ1v) is 7.54. The van der Waals surface area contributed by atoms with E-state index in [1.165, 1.54) is 0 Å². The Morgan fingerprint density at radius 2 is 1.74 bits per heavy atom. The van der Waals surface area contributed by atoms with Gasteiger partial charge in [0.2, 0.25) is 5.95 Å². The predicted molar refractivity (Wildman–Crippen MR) is 91.1 cm³/mol. The molecule has 2 N–H and O–H groups in total. The molecular weight excluding hydrogens is 288 g/mol. The van der Waals surface area contributed by atoms with Crippen LogP contribution in [0.1, 0.15) is 6.42 Å². The Morgan fingerprint density at radius 1 is 0.783 bits per heavy atom. The van der Waals surface area contributed by atoms with Crippen molar-refractivity contribution in [1.82, 2.24) is 19.9 Å². The molecule has 116 valence electrons. The summed E-state index contributed by atoms with van der Waals surface area (Å²) >= 11 is 0. The van der Waals surface area contributed by atoms with Crippen LogP contribution in [0.4, 0.5) is 11.6 Å². The van der Waals surface area contributed by atoms with E-state index in [0.717, 1.165) is 36.6 Å². The zero-order valence-electron chi connectivity index (χ0n) is 12.7. The van der Waals surface area contributed by atoms with Gasteiger partial charge in [0.05, 0.1) is 17.1 Å². The van der Waals surface area contributed by atoms with Crippen molar-refractivity contribution in [3.63, 3.8) is 0 Å². The molecule has 0 atom stereocenters. The number of hydrogen-bond donors (Lipinski definition) is 2. The first-order chi connectivity index (χ1) is 11.4. The summed E-state index contributed by atoms with van der Waals surface area (Å²) in [6, 6.07) is 11.5. The van der Waals surface area contributed by atoms with Gasteiger partial charge in [-0.05, 0) is 36.8 Å². The first kappa shape index (κ1) is 14.9. The second-order valence-electron chi connectivity index (χ2n) is 4.93. The molecule has 23 heavy (non-hydrogen) atoms. The van der Waals surface area contributed by atoms with E-state index in [1.807, 2.05) is 42.6 Å². The summed E-state index contributed by atoms with van der Waals surface area (Å²) in [6.07, 6.45) is 8.03. The van der Waals surface area contributed by atoms with Crippen molar-refractivity contribution < 1.29 is 0 Å². The van der Waals surface area contributed by atoms with Crippen molar-refractivity contribution in [3.05, 3.63) is 61.2 Å². The van der Waals surface area contributed by atoms with Crippen molar-refractivity contribution in [2.75, 3.05) is 23.7 Å². The zero-order chi connectivity index (χ0) is 15.7. The highest BCUT2D eigenvalue weighted by atomic mass is 15.1. The third kappa shape index (κ3) is 4.47. The molecule has 0 aliphatic rings. The number of hydrogen-bond acceptors (Lipinski definition) is 6. The fraction of sp³-hybridized carbons (Fsp3) is 0.176. The van der Waals surface area contributed by atoms with Gasteiger partial charge in [-0.1, -0.05) is 6.07 Å². The Hall–Kier alpha value is -3.02. The molecule has 3 aromatic heterocycles. The maximum absolute atomic E-state index is 4.48. The average Bonchev–Trinajstić information content (AvgIpc) is 2.63. The topological polar surface area (TPSA) is 75.6 Å². The molecule has 0 aliphatic heterocycles. The van der Waals surface area contributed by atoms with Crippen LogP contribution in [0.25, 0.3) is 11.4 Å². The summed E-state index contributed by atoms with van der Waals surface area (Å²) in [5, 5.41) is 6.55. The van der Waals surface area contributed by atoms with Gasteiger partial charge in [0.15, 0.2) is 0 Å². The number of pyridine rings is 2. The van der Waals surface area contributed by atoms with E-state index in [1.54, 1.807) is 18.6 Å². The first-order valence-electron chi connectivity index (χ1n) is 7.54. The van der Waals surface area contributed by atoms with E-state index in [9.17, 15) is 0 Å². The third-order valence-corrected chi connectivity index (χ3v) is 3.21. The maximum atomic E-state index is 4.48. The van der Waals surface area contributed by atoms with Crippen LogP contribution in [-0.2, 0) is 0 Å². The van der Waals surface area contributed by atoms with Crippen LogP contribution in [0, 0.1) is 0 Å². The lowest BCUT2D eigenvalue weighted by atomic mass is 10.2. The van der Waals surface area contributed by atoms with Crippen LogP contribution >= 0.6 is 0 Å². The minimum atomic E-state index is 0.620. The minimum Gasteiger partial charge on any atom is -0.384 e. The van der Waals surface area contributed by atoms with Crippen LogP contribution in [0.5, 0.6) is 0 Å². The lowest BCUT2D eigenvalue weighted by molar-refractivity contribution is 0.894. The van der Waals surface area contributed by atoms with Crippen molar-refractivity contribution in [1.29, 1.82) is 0 Å². The Balaban J connectivity index is 1.47. The average molecular weight is 306 g/mol. The highest BCUT2D eigenvalue weighted by Gasteiger charge is 2.02. The molecule has 0 aromatic carbocycles. The highest BCUT2D eigenvalue weighted by molar-refractivity contribution is 5.54. The Morgan fingerprint density at radius 3 is 2.57 bits per heavy atom. The van der Waals surface area contributed by atoms with Crippen molar-refractivity contribution in [2.24, 2.45) is 0 Å². The van der Waals surface area contributed by atoms with Crippen LogP contribution in [0.15, 0.2) is 61.2 Å². The maximum Gasteiger partial charge on any atom is 0.223 e. The molecule has 0 bridgehead atoms. The van der Waals surface area contributed by atoms with E-state index in [2.05, 4.69) is 30.6 Å².